The first-order chi connectivity index (χ1) is 9.04. The summed E-state index contributed by atoms with van der Waals surface area (Å²) in [7, 11) is 0. The molecule has 0 spiro atoms. The lowest BCUT2D eigenvalue weighted by atomic mass is 9.95. The Morgan fingerprint density at radius 1 is 1.05 bits per heavy atom. The summed E-state index contributed by atoms with van der Waals surface area (Å²) in [6.45, 7) is -0.111. The minimum Gasteiger partial charge on any atom is -0.396 e. The zero-order chi connectivity index (χ0) is 14.0. The van der Waals surface area contributed by atoms with Gasteiger partial charge in [0.1, 0.15) is 0 Å². The summed E-state index contributed by atoms with van der Waals surface area (Å²) in [5.41, 5.74) is 11.9. The van der Waals surface area contributed by atoms with Crippen molar-refractivity contribution in [1.29, 1.82) is 0 Å². The van der Waals surface area contributed by atoms with Crippen LogP contribution < -0.4 is 11.5 Å². The third-order valence-corrected chi connectivity index (χ3v) is 3.04. The predicted molar refractivity (Wildman–Crippen MR) is 71.8 cm³/mol. The van der Waals surface area contributed by atoms with Gasteiger partial charge in [0.15, 0.2) is 0 Å². The lowest BCUT2D eigenvalue weighted by Gasteiger charge is -2.10. The molecule has 0 fully saturated rings. The molecular weight excluding hydrogens is 244 g/mol. The molecule has 2 amide bonds. The van der Waals surface area contributed by atoms with E-state index in [-0.39, 0.29) is 13.0 Å². The number of primary amides is 2. The fourth-order valence-corrected chi connectivity index (χ4v) is 2.15. The van der Waals surface area contributed by atoms with E-state index in [1.54, 1.807) is 30.3 Å². The number of carbonyl (C=O) groups is 2. The van der Waals surface area contributed by atoms with Crippen molar-refractivity contribution in [2.24, 2.45) is 11.5 Å². The molecule has 19 heavy (non-hydrogen) atoms. The molecule has 5 N–H and O–H groups in total. The van der Waals surface area contributed by atoms with Gasteiger partial charge in [-0.25, -0.2) is 0 Å². The normalized spacial score (nSPS) is 10.6. The number of amides is 2. The van der Waals surface area contributed by atoms with Crippen LogP contribution in [0.25, 0.3) is 10.8 Å². The van der Waals surface area contributed by atoms with Crippen molar-refractivity contribution in [3.63, 3.8) is 0 Å². The van der Waals surface area contributed by atoms with Crippen LogP contribution >= 0.6 is 0 Å². The lowest BCUT2D eigenvalue weighted by Crippen LogP contribution is -2.15. The van der Waals surface area contributed by atoms with Crippen molar-refractivity contribution in [3.05, 3.63) is 47.0 Å². The van der Waals surface area contributed by atoms with Crippen LogP contribution in [0.15, 0.2) is 30.3 Å². The van der Waals surface area contributed by atoms with Crippen LogP contribution in [-0.2, 0) is 6.42 Å². The van der Waals surface area contributed by atoms with E-state index in [2.05, 4.69) is 0 Å². The summed E-state index contributed by atoms with van der Waals surface area (Å²) in [6, 6.07) is 8.37. The highest BCUT2D eigenvalue weighted by atomic mass is 16.3. The average Bonchev–Trinajstić information content (AvgIpc) is 2.38. The molecule has 0 aliphatic heterocycles. The zero-order valence-corrected chi connectivity index (χ0v) is 10.2. The molecule has 0 unspecified atom stereocenters. The van der Waals surface area contributed by atoms with Crippen molar-refractivity contribution in [2.75, 3.05) is 6.61 Å². The van der Waals surface area contributed by atoms with Crippen molar-refractivity contribution in [1.82, 2.24) is 0 Å². The Morgan fingerprint density at radius 2 is 1.74 bits per heavy atom. The molecule has 0 atom stereocenters. The summed E-state index contributed by atoms with van der Waals surface area (Å²) < 4.78 is 0. The molecule has 2 aromatic rings. The summed E-state index contributed by atoms with van der Waals surface area (Å²) >= 11 is 0. The summed E-state index contributed by atoms with van der Waals surface area (Å²) in [4.78, 5) is 22.6. The first-order valence-electron chi connectivity index (χ1n) is 5.80. The molecule has 0 aromatic heterocycles. The van der Waals surface area contributed by atoms with Crippen molar-refractivity contribution >= 4 is 22.6 Å². The van der Waals surface area contributed by atoms with E-state index >= 15 is 0 Å². The molecule has 2 aromatic carbocycles. The fraction of sp³-hybridized carbons (Fsp3) is 0.143. The molecule has 0 saturated heterocycles. The Morgan fingerprint density at radius 3 is 2.32 bits per heavy atom. The Kier molecular flexibility index (Phi) is 3.48. The van der Waals surface area contributed by atoms with Gasteiger partial charge < -0.3 is 16.6 Å². The minimum absolute atomic E-state index is 0.111. The van der Waals surface area contributed by atoms with Gasteiger partial charge in [-0.05, 0) is 41.0 Å². The number of fused-ring (bicyclic) bond motifs is 1. The first kappa shape index (κ1) is 13.0. The molecule has 0 aliphatic carbocycles. The number of hydrogen-bond donors (Lipinski definition) is 3. The fourth-order valence-electron chi connectivity index (χ4n) is 2.15. The van der Waals surface area contributed by atoms with Gasteiger partial charge in [-0.3, -0.25) is 9.59 Å². The smallest absolute Gasteiger partial charge is 0.248 e. The molecule has 98 valence electrons. The summed E-state index contributed by atoms with van der Waals surface area (Å²) in [6.07, 6.45) is 0.290. The number of carbonyl (C=O) groups excluding carboxylic acids is 2. The molecule has 5 heteroatoms. The maximum Gasteiger partial charge on any atom is 0.248 e. The van der Waals surface area contributed by atoms with E-state index in [4.69, 9.17) is 16.6 Å². The van der Waals surface area contributed by atoms with Crippen molar-refractivity contribution in [3.8, 4) is 0 Å². The van der Waals surface area contributed by atoms with Crippen LogP contribution in [0.4, 0.5) is 0 Å². The van der Waals surface area contributed by atoms with Gasteiger partial charge in [0.25, 0.3) is 0 Å². The largest absolute Gasteiger partial charge is 0.396 e. The van der Waals surface area contributed by atoms with E-state index < -0.39 is 11.8 Å². The van der Waals surface area contributed by atoms with Gasteiger partial charge in [0, 0.05) is 17.7 Å². The molecule has 0 radical (unpaired) electrons. The predicted octanol–water partition coefficient (Wildman–Crippen LogP) is 0.572. The summed E-state index contributed by atoms with van der Waals surface area (Å²) in [5, 5.41) is 10.7. The topological polar surface area (TPSA) is 106 Å². The lowest BCUT2D eigenvalue weighted by molar-refractivity contribution is 0.0992. The van der Waals surface area contributed by atoms with E-state index in [1.165, 1.54) is 0 Å². The van der Waals surface area contributed by atoms with E-state index in [1.807, 2.05) is 0 Å². The van der Waals surface area contributed by atoms with Crippen molar-refractivity contribution in [2.45, 2.75) is 6.42 Å². The van der Waals surface area contributed by atoms with Crippen LogP contribution in [0.5, 0.6) is 0 Å². The quantitative estimate of drug-likeness (QED) is 0.746. The Bertz CT molecular complexity index is 660. The third-order valence-electron chi connectivity index (χ3n) is 3.04. The molecular formula is C14H14N2O3. The molecule has 0 heterocycles. The van der Waals surface area contributed by atoms with Crippen LogP contribution in [0, 0.1) is 0 Å². The average molecular weight is 258 g/mol. The Hall–Kier alpha value is -2.40. The number of benzene rings is 2. The Labute approximate surface area is 109 Å². The second-order valence-electron chi connectivity index (χ2n) is 4.23. The maximum atomic E-state index is 11.4. The number of aliphatic hydroxyl groups excluding tert-OH is 1. The van der Waals surface area contributed by atoms with Crippen LogP contribution in [0.3, 0.4) is 0 Å². The molecule has 5 nitrogen and oxygen atoms in total. The number of aliphatic hydroxyl groups is 1. The highest BCUT2D eigenvalue weighted by Gasteiger charge is 2.13. The number of hydrogen-bond acceptors (Lipinski definition) is 3. The van der Waals surface area contributed by atoms with Gasteiger partial charge in [0.05, 0.1) is 0 Å². The molecule has 0 saturated carbocycles. The monoisotopic (exact) mass is 258 g/mol. The van der Waals surface area contributed by atoms with Gasteiger partial charge >= 0.3 is 0 Å². The number of rotatable bonds is 4. The van der Waals surface area contributed by atoms with Gasteiger partial charge in [0.2, 0.25) is 11.8 Å². The van der Waals surface area contributed by atoms with E-state index in [0.29, 0.717) is 22.1 Å². The highest BCUT2D eigenvalue weighted by Crippen LogP contribution is 2.24. The van der Waals surface area contributed by atoms with E-state index in [0.717, 1.165) is 5.39 Å². The maximum absolute atomic E-state index is 11.4. The minimum atomic E-state index is -0.560. The summed E-state index contributed by atoms with van der Waals surface area (Å²) in [5.74, 6) is -1.10. The Balaban J connectivity index is 2.77. The second-order valence-corrected chi connectivity index (χ2v) is 4.23. The van der Waals surface area contributed by atoms with Crippen molar-refractivity contribution < 1.29 is 14.7 Å². The van der Waals surface area contributed by atoms with Crippen LogP contribution in [-0.4, -0.2) is 23.5 Å². The molecule has 0 bridgehead atoms. The third kappa shape index (κ3) is 2.41. The molecule has 0 aliphatic rings. The zero-order valence-electron chi connectivity index (χ0n) is 10.2. The van der Waals surface area contributed by atoms with Gasteiger partial charge in [-0.1, -0.05) is 12.1 Å². The molecule has 2 rings (SSSR count). The number of nitrogens with two attached hydrogens (primary N) is 2. The SMILES string of the molecule is NC(=O)c1ccc2ccc(C(N)=O)c(CCO)c2c1. The van der Waals surface area contributed by atoms with Gasteiger partial charge in [-0.15, -0.1) is 0 Å². The first-order valence-corrected chi connectivity index (χ1v) is 5.80. The standard InChI is InChI=1S/C14H14N2O3/c15-13(18)9-2-1-8-3-4-11(14(16)19)10(5-6-17)12(8)7-9/h1-4,7,17H,5-6H2,(H2,15,18)(H2,16,19). The van der Waals surface area contributed by atoms with E-state index in [9.17, 15) is 9.59 Å². The van der Waals surface area contributed by atoms with Crippen LogP contribution in [0.2, 0.25) is 0 Å². The highest BCUT2D eigenvalue weighted by molar-refractivity contribution is 6.03. The van der Waals surface area contributed by atoms with Crippen LogP contribution in [0.1, 0.15) is 26.3 Å². The van der Waals surface area contributed by atoms with Gasteiger partial charge in [-0.2, -0.15) is 0 Å². The second kappa shape index (κ2) is 5.07.